The Hall–Kier alpha value is -4.45. The van der Waals surface area contributed by atoms with Gasteiger partial charge in [-0.05, 0) is 57.8 Å². The van der Waals surface area contributed by atoms with Crippen LogP contribution in [0.25, 0.3) is 0 Å². The Balaban J connectivity index is 4.55. The van der Waals surface area contributed by atoms with Crippen LogP contribution in [0.2, 0.25) is 0 Å². The molecule has 0 aromatic rings. The SMILES string of the molecule is CC/C=C/C=C/C=C/C=C/C=C/C=C/C=C/CCCCCC(=O)OCC(COC(=O)CCCCC/C=C/C=C/C=C/C=C/CC)OC(=O)CCCCCCCCCCCCCCCCCC. The summed E-state index contributed by atoms with van der Waals surface area (Å²) >= 11 is 0. The Morgan fingerprint density at radius 1 is 0.318 bits per heavy atom. The summed E-state index contributed by atoms with van der Waals surface area (Å²) in [5.74, 6) is -1.00. The van der Waals surface area contributed by atoms with Crippen LogP contribution < -0.4 is 0 Å². The number of unbranched alkanes of at least 4 members (excludes halogenated alkanes) is 21. The number of ether oxygens (including phenoxy) is 3. The van der Waals surface area contributed by atoms with Crippen molar-refractivity contribution in [3.05, 3.63) is 134 Å². The van der Waals surface area contributed by atoms with Crippen molar-refractivity contribution in [3.8, 4) is 0 Å². The Labute approximate surface area is 405 Å². The van der Waals surface area contributed by atoms with E-state index in [1.54, 1.807) is 0 Å². The standard InChI is InChI=1S/C60H94O6/c1-4-7-10-13-16-19-22-25-27-29-30-31-33-35-38-41-44-47-50-53-59(62)65-56-57(55-64-58(61)52-49-46-43-40-37-34-24-21-18-15-12-9-6-3)66-60(63)54-51-48-45-42-39-36-32-28-26-23-20-17-14-11-8-5-2/h7,9-10,12-13,15-16,18-19,21-22,24-25,27,29-31,33-35,37-38,57H,4-6,8,11,14,17,20,23,26,28,32,36,39-56H2,1-3H3/b10-7+,12-9+,16-13+,18-15+,22-19+,24-21+,27-25+,30-29+,33-31+,37-34+,38-35+. The highest BCUT2D eigenvalue weighted by molar-refractivity contribution is 5.71. The molecule has 0 N–H and O–H groups in total. The van der Waals surface area contributed by atoms with Crippen molar-refractivity contribution < 1.29 is 28.6 Å². The summed E-state index contributed by atoms with van der Waals surface area (Å²) < 4.78 is 16.7. The summed E-state index contributed by atoms with van der Waals surface area (Å²) in [4.78, 5) is 38.0. The molecule has 0 aliphatic rings. The van der Waals surface area contributed by atoms with E-state index in [9.17, 15) is 14.4 Å². The molecule has 66 heavy (non-hydrogen) atoms. The number of hydrogen-bond donors (Lipinski definition) is 0. The van der Waals surface area contributed by atoms with Gasteiger partial charge in [0.25, 0.3) is 0 Å². The lowest BCUT2D eigenvalue weighted by Gasteiger charge is -2.18. The van der Waals surface area contributed by atoms with Gasteiger partial charge in [0, 0.05) is 19.3 Å². The third kappa shape index (κ3) is 50.5. The molecule has 1 atom stereocenters. The van der Waals surface area contributed by atoms with Crippen LogP contribution >= 0.6 is 0 Å². The lowest BCUT2D eigenvalue weighted by molar-refractivity contribution is -0.167. The van der Waals surface area contributed by atoms with Crippen molar-refractivity contribution >= 4 is 17.9 Å². The fraction of sp³-hybridized carbons (Fsp3) is 0.583. The first-order valence-electron chi connectivity index (χ1n) is 26.3. The third-order valence-corrected chi connectivity index (χ3v) is 10.7. The van der Waals surface area contributed by atoms with Gasteiger partial charge in [-0.2, -0.15) is 0 Å². The van der Waals surface area contributed by atoms with Gasteiger partial charge in [0.15, 0.2) is 6.10 Å². The van der Waals surface area contributed by atoms with Crippen LogP contribution in [0.3, 0.4) is 0 Å². The molecular formula is C60H94O6. The zero-order valence-corrected chi connectivity index (χ0v) is 42.1. The first-order valence-corrected chi connectivity index (χ1v) is 26.3. The maximum atomic E-state index is 12.8. The zero-order valence-electron chi connectivity index (χ0n) is 42.1. The number of rotatable bonds is 45. The lowest BCUT2D eigenvalue weighted by atomic mass is 10.0. The third-order valence-electron chi connectivity index (χ3n) is 10.7. The zero-order chi connectivity index (χ0) is 47.9. The summed E-state index contributed by atoms with van der Waals surface area (Å²) in [6.45, 7) is 6.27. The van der Waals surface area contributed by atoms with Crippen molar-refractivity contribution in [2.75, 3.05) is 13.2 Å². The van der Waals surface area contributed by atoms with Crippen molar-refractivity contribution in [1.82, 2.24) is 0 Å². The molecule has 370 valence electrons. The van der Waals surface area contributed by atoms with E-state index in [0.29, 0.717) is 19.3 Å². The molecule has 6 nitrogen and oxygen atoms in total. The van der Waals surface area contributed by atoms with Crippen LogP contribution in [0.15, 0.2) is 134 Å². The minimum absolute atomic E-state index is 0.117. The van der Waals surface area contributed by atoms with E-state index < -0.39 is 6.10 Å². The Morgan fingerprint density at radius 3 is 0.924 bits per heavy atom. The fourth-order valence-electron chi connectivity index (χ4n) is 6.79. The first-order chi connectivity index (χ1) is 32.5. The lowest BCUT2D eigenvalue weighted by Crippen LogP contribution is -2.30. The van der Waals surface area contributed by atoms with Gasteiger partial charge in [0.05, 0.1) is 0 Å². The normalized spacial score (nSPS) is 13.2. The van der Waals surface area contributed by atoms with Crippen molar-refractivity contribution in [2.45, 2.75) is 213 Å². The summed E-state index contributed by atoms with van der Waals surface area (Å²) in [6, 6.07) is 0. The van der Waals surface area contributed by atoms with Crippen LogP contribution in [-0.2, 0) is 28.6 Å². The summed E-state index contributed by atoms with van der Waals surface area (Å²) in [5.41, 5.74) is 0. The maximum absolute atomic E-state index is 12.8. The van der Waals surface area contributed by atoms with Crippen LogP contribution in [0, 0.1) is 0 Å². The van der Waals surface area contributed by atoms with Gasteiger partial charge in [-0.3, -0.25) is 14.4 Å². The second kappa shape index (κ2) is 53.2. The minimum Gasteiger partial charge on any atom is -0.462 e. The van der Waals surface area contributed by atoms with Crippen LogP contribution in [0.4, 0.5) is 0 Å². The molecule has 0 aromatic heterocycles. The van der Waals surface area contributed by atoms with Gasteiger partial charge in [0.2, 0.25) is 0 Å². The molecule has 0 aromatic carbocycles. The molecule has 6 heteroatoms. The quantitative estimate of drug-likeness (QED) is 0.0262. The number of esters is 3. The van der Waals surface area contributed by atoms with E-state index in [4.69, 9.17) is 14.2 Å². The van der Waals surface area contributed by atoms with Gasteiger partial charge in [-0.25, -0.2) is 0 Å². The molecular weight excluding hydrogens is 817 g/mol. The van der Waals surface area contributed by atoms with Gasteiger partial charge in [0.1, 0.15) is 13.2 Å². The van der Waals surface area contributed by atoms with Crippen molar-refractivity contribution in [2.24, 2.45) is 0 Å². The summed E-state index contributed by atoms with van der Waals surface area (Å²) in [7, 11) is 0. The molecule has 0 bridgehead atoms. The van der Waals surface area contributed by atoms with Gasteiger partial charge < -0.3 is 14.2 Å². The fourth-order valence-corrected chi connectivity index (χ4v) is 6.79. The number of carbonyl (C=O) groups excluding carboxylic acids is 3. The topological polar surface area (TPSA) is 78.9 Å². The van der Waals surface area contributed by atoms with Crippen LogP contribution in [0.5, 0.6) is 0 Å². The van der Waals surface area contributed by atoms with Crippen LogP contribution in [-0.4, -0.2) is 37.2 Å². The Kier molecular flexibility index (Phi) is 49.6. The molecule has 0 rings (SSSR count). The molecule has 0 aliphatic carbocycles. The van der Waals surface area contributed by atoms with E-state index in [1.807, 2.05) is 109 Å². The molecule has 0 spiro atoms. The van der Waals surface area contributed by atoms with Gasteiger partial charge in [-0.15, -0.1) is 0 Å². The number of allylic oxidation sites excluding steroid dienone is 22. The van der Waals surface area contributed by atoms with Gasteiger partial charge >= 0.3 is 17.9 Å². The molecule has 0 aliphatic heterocycles. The van der Waals surface area contributed by atoms with Crippen LogP contribution in [0.1, 0.15) is 207 Å². The highest BCUT2D eigenvalue weighted by Crippen LogP contribution is 2.15. The highest BCUT2D eigenvalue weighted by atomic mass is 16.6. The highest BCUT2D eigenvalue weighted by Gasteiger charge is 2.19. The van der Waals surface area contributed by atoms with Crippen molar-refractivity contribution in [1.29, 1.82) is 0 Å². The number of carbonyl (C=O) groups is 3. The Morgan fingerprint density at radius 2 is 0.591 bits per heavy atom. The monoisotopic (exact) mass is 911 g/mol. The second-order valence-corrected chi connectivity index (χ2v) is 17.0. The molecule has 1 unspecified atom stereocenters. The van der Waals surface area contributed by atoms with Gasteiger partial charge in [-0.1, -0.05) is 264 Å². The second-order valence-electron chi connectivity index (χ2n) is 17.0. The van der Waals surface area contributed by atoms with E-state index in [2.05, 4.69) is 45.1 Å². The molecule has 0 fully saturated rings. The van der Waals surface area contributed by atoms with Crippen molar-refractivity contribution in [3.63, 3.8) is 0 Å². The number of hydrogen-bond acceptors (Lipinski definition) is 6. The van der Waals surface area contributed by atoms with E-state index >= 15 is 0 Å². The largest absolute Gasteiger partial charge is 0.462 e. The maximum Gasteiger partial charge on any atom is 0.306 e. The smallest absolute Gasteiger partial charge is 0.306 e. The molecule has 0 radical (unpaired) electrons. The van der Waals surface area contributed by atoms with E-state index in [1.165, 1.54) is 83.5 Å². The molecule has 0 saturated carbocycles. The molecule has 0 amide bonds. The minimum atomic E-state index is -0.816. The molecule has 0 heterocycles. The predicted molar refractivity (Wildman–Crippen MR) is 283 cm³/mol. The molecule has 0 saturated heterocycles. The summed E-state index contributed by atoms with van der Waals surface area (Å²) in [5, 5.41) is 0. The first kappa shape index (κ1) is 61.5. The average molecular weight is 911 g/mol. The predicted octanol–water partition coefficient (Wildman–Crippen LogP) is 17.5. The Bertz CT molecular complexity index is 1460. The summed E-state index contributed by atoms with van der Waals surface area (Å²) in [6.07, 6.45) is 74.3. The average Bonchev–Trinajstić information content (AvgIpc) is 3.31. The van der Waals surface area contributed by atoms with E-state index in [0.717, 1.165) is 83.5 Å². The van der Waals surface area contributed by atoms with E-state index in [-0.39, 0.29) is 31.1 Å².